The Morgan fingerprint density at radius 2 is 1.68 bits per heavy atom. The molecular formula is C28H46N2O9Si2. The van der Waals surface area contributed by atoms with E-state index in [1.807, 2.05) is 0 Å². The fourth-order valence-electron chi connectivity index (χ4n) is 5.74. The van der Waals surface area contributed by atoms with E-state index in [2.05, 4.69) is 66.7 Å². The zero-order chi connectivity index (χ0) is 30.7. The summed E-state index contributed by atoms with van der Waals surface area (Å²) in [6.07, 6.45) is 2.21. The van der Waals surface area contributed by atoms with Crippen LogP contribution in [0, 0.1) is 0 Å². The largest absolute Gasteiger partial charge is 0.466 e. The Labute approximate surface area is 244 Å². The lowest BCUT2D eigenvalue weighted by atomic mass is 10.1. The summed E-state index contributed by atoms with van der Waals surface area (Å²) in [6, 6.07) is 1.23. The second-order valence-corrected chi connectivity index (χ2v) is 20.6. The minimum atomic E-state index is -3.00. The second-order valence-electron chi connectivity index (χ2n) is 11.8. The fraction of sp³-hybridized carbons (Fsp3) is 0.679. The number of fused-ring (bicyclic) bond motifs is 1. The van der Waals surface area contributed by atoms with Crippen LogP contribution < -0.4 is 11.2 Å². The molecule has 2 aliphatic heterocycles. The Kier molecular flexibility index (Phi) is 10.9. The molecule has 2 saturated heterocycles. The fourth-order valence-corrected chi connectivity index (χ4v) is 17.0. The van der Waals surface area contributed by atoms with Gasteiger partial charge in [0.25, 0.3) is 5.56 Å². The first-order valence-electron chi connectivity index (χ1n) is 14.2. The van der Waals surface area contributed by atoms with Crippen LogP contribution in [0.4, 0.5) is 0 Å². The van der Waals surface area contributed by atoms with Gasteiger partial charge in [-0.05, 0) is 22.2 Å². The SMILES string of the molecule is C=CCO[C@@H]1[C@@H]2O[Si](C(C)C)(C(C)C)O[Si](C(C)C)(C(C)C)OC[C@H]2O[C@H]1n1ccc(=O)n(/C=C/C(=O)OC)c1=O. The van der Waals surface area contributed by atoms with Gasteiger partial charge in [-0.1, -0.05) is 61.5 Å². The Morgan fingerprint density at radius 3 is 2.22 bits per heavy atom. The number of hydrogen-bond acceptors (Lipinski definition) is 9. The van der Waals surface area contributed by atoms with Crippen LogP contribution in [0.25, 0.3) is 6.20 Å². The van der Waals surface area contributed by atoms with Crippen LogP contribution in [0.2, 0.25) is 22.2 Å². The van der Waals surface area contributed by atoms with Crippen molar-refractivity contribution in [2.45, 2.75) is 102 Å². The van der Waals surface area contributed by atoms with Crippen molar-refractivity contribution in [3.05, 3.63) is 51.8 Å². The smallest absolute Gasteiger partial charge is 0.337 e. The molecule has 13 heteroatoms. The van der Waals surface area contributed by atoms with E-state index >= 15 is 0 Å². The minimum absolute atomic E-state index is 0.0846. The van der Waals surface area contributed by atoms with E-state index in [-0.39, 0.29) is 35.4 Å². The van der Waals surface area contributed by atoms with Crippen LogP contribution in [-0.4, -0.2) is 70.9 Å². The number of esters is 1. The summed E-state index contributed by atoms with van der Waals surface area (Å²) in [4.78, 5) is 37.7. The van der Waals surface area contributed by atoms with Crippen molar-refractivity contribution in [1.29, 1.82) is 0 Å². The van der Waals surface area contributed by atoms with Gasteiger partial charge in [-0.3, -0.25) is 9.36 Å². The van der Waals surface area contributed by atoms with Crippen molar-refractivity contribution in [3.63, 3.8) is 0 Å². The first-order chi connectivity index (χ1) is 19.2. The van der Waals surface area contributed by atoms with E-state index in [1.54, 1.807) is 6.08 Å². The highest BCUT2D eigenvalue weighted by atomic mass is 28.5. The predicted octanol–water partition coefficient (Wildman–Crippen LogP) is 4.08. The molecule has 0 spiro atoms. The summed E-state index contributed by atoms with van der Waals surface area (Å²) in [5.74, 6) is -0.702. The maximum absolute atomic E-state index is 13.5. The lowest BCUT2D eigenvalue weighted by Crippen LogP contribution is -2.66. The van der Waals surface area contributed by atoms with Crippen LogP contribution in [0.15, 0.2) is 40.6 Å². The molecule has 1 aromatic heterocycles. The molecule has 0 saturated carbocycles. The third-order valence-electron chi connectivity index (χ3n) is 7.90. The van der Waals surface area contributed by atoms with Crippen molar-refractivity contribution in [3.8, 4) is 0 Å². The van der Waals surface area contributed by atoms with Gasteiger partial charge >= 0.3 is 28.8 Å². The molecule has 0 aliphatic carbocycles. The number of carbonyl (C=O) groups excluding carboxylic acids is 1. The second kappa shape index (κ2) is 13.4. The topological polar surface area (TPSA) is 116 Å². The summed E-state index contributed by atoms with van der Waals surface area (Å²) in [7, 11) is -4.60. The molecule has 11 nitrogen and oxygen atoms in total. The molecule has 230 valence electrons. The van der Waals surface area contributed by atoms with E-state index in [0.717, 1.165) is 16.8 Å². The average molecular weight is 611 g/mol. The molecule has 0 amide bonds. The third kappa shape index (κ3) is 6.45. The van der Waals surface area contributed by atoms with Gasteiger partial charge in [0.15, 0.2) is 6.23 Å². The normalized spacial score (nSPS) is 26.0. The average Bonchev–Trinajstić information content (AvgIpc) is 3.22. The number of nitrogens with zero attached hydrogens (tertiary/aromatic N) is 2. The van der Waals surface area contributed by atoms with Gasteiger partial charge in [0.2, 0.25) is 0 Å². The molecule has 0 unspecified atom stereocenters. The van der Waals surface area contributed by atoms with E-state index < -0.39 is 58.9 Å². The van der Waals surface area contributed by atoms with E-state index in [9.17, 15) is 14.4 Å². The highest BCUT2D eigenvalue weighted by Gasteiger charge is 2.62. The maximum atomic E-state index is 13.5. The van der Waals surface area contributed by atoms with Crippen molar-refractivity contribution < 1.29 is 32.0 Å². The summed E-state index contributed by atoms with van der Waals surface area (Å²) < 4.78 is 40.7. The highest BCUT2D eigenvalue weighted by Crippen LogP contribution is 2.48. The first-order valence-corrected chi connectivity index (χ1v) is 18.2. The number of aromatic nitrogens is 2. The molecule has 0 bridgehead atoms. The molecule has 3 rings (SSSR count). The van der Waals surface area contributed by atoms with Crippen molar-refractivity contribution in [2.24, 2.45) is 0 Å². The summed E-state index contributed by atoms with van der Waals surface area (Å²) in [5.41, 5.74) is -0.828. The highest BCUT2D eigenvalue weighted by molar-refractivity contribution is 6.84. The van der Waals surface area contributed by atoms with Gasteiger partial charge in [0.1, 0.15) is 18.3 Å². The zero-order valence-electron chi connectivity index (χ0n) is 25.7. The standard InChI is InChI=1S/C28H46N2O9Si2/c1-11-16-35-26-25-22(37-27(26)30-14-12-23(31)29(28(30)33)15-13-24(32)34-10)17-36-40(18(2)3,19(4)5)39-41(38-25,20(6)7)21(8)9/h11-15,18-22,25-27H,1,16-17H2,2-10H3/b15-13+/t22-,25-,26-,27-/m1/s1. The Hall–Kier alpha value is -2.14. The van der Waals surface area contributed by atoms with Gasteiger partial charge in [-0.25, -0.2) is 14.2 Å². The van der Waals surface area contributed by atoms with Crippen LogP contribution in [0.3, 0.4) is 0 Å². The monoisotopic (exact) mass is 610 g/mol. The Bertz CT molecular complexity index is 1210. The number of methoxy groups -OCH3 is 1. The van der Waals surface area contributed by atoms with Crippen molar-refractivity contribution in [1.82, 2.24) is 9.13 Å². The molecule has 2 fully saturated rings. The summed E-state index contributed by atoms with van der Waals surface area (Å²) in [6.45, 7) is 21.3. The van der Waals surface area contributed by atoms with Gasteiger partial charge in [-0.15, -0.1) is 6.58 Å². The molecule has 0 aromatic carbocycles. The quantitative estimate of drug-likeness (QED) is 0.167. The summed E-state index contributed by atoms with van der Waals surface area (Å²) >= 11 is 0. The van der Waals surface area contributed by atoms with Crippen molar-refractivity contribution in [2.75, 3.05) is 20.3 Å². The van der Waals surface area contributed by atoms with E-state index in [0.29, 0.717) is 0 Å². The Morgan fingerprint density at radius 1 is 1.07 bits per heavy atom. The van der Waals surface area contributed by atoms with Crippen LogP contribution >= 0.6 is 0 Å². The van der Waals surface area contributed by atoms with Crippen molar-refractivity contribution >= 4 is 29.3 Å². The number of rotatable bonds is 10. The number of ether oxygens (including phenoxy) is 3. The first kappa shape index (κ1) is 33.4. The number of hydrogen-bond donors (Lipinski definition) is 0. The van der Waals surface area contributed by atoms with Crippen LogP contribution in [0.1, 0.15) is 61.6 Å². The predicted molar refractivity (Wildman–Crippen MR) is 160 cm³/mol. The molecule has 0 radical (unpaired) electrons. The molecule has 2 aliphatic rings. The van der Waals surface area contributed by atoms with E-state index in [4.69, 9.17) is 22.4 Å². The van der Waals surface area contributed by atoms with Crippen LogP contribution in [-0.2, 0) is 32.0 Å². The van der Waals surface area contributed by atoms with Crippen LogP contribution in [0.5, 0.6) is 0 Å². The van der Waals surface area contributed by atoms with Gasteiger partial charge in [0, 0.05) is 24.5 Å². The lowest BCUT2D eigenvalue weighted by Gasteiger charge is -2.51. The van der Waals surface area contributed by atoms with Gasteiger partial charge in [0.05, 0.1) is 20.3 Å². The zero-order valence-corrected chi connectivity index (χ0v) is 27.7. The molecule has 4 atom stereocenters. The Balaban J connectivity index is 2.17. The molecule has 3 heterocycles. The van der Waals surface area contributed by atoms with Gasteiger partial charge < -0.3 is 27.2 Å². The summed E-state index contributed by atoms with van der Waals surface area (Å²) in [5, 5.41) is 0. The van der Waals surface area contributed by atoms with Gasteiger partial charge in [-0.2, -0.15) is 0 Å². The molecule has 41 heavy (non-hydrogen) atoms. The third-order valence-corrected chi connectivity index (χ3v) is 18.1. The molecular weight excluding hydrogens is 564 g/mol. The minimum Gasteiger partial charge on any atom is -0.466 e. The maximum Gasteiger partial charge on any atom is 0.337 e. The van der Waals surface area contributed by atoms with E-state index in [1.165, 1.54) is 23.9 Å². The molecule has 0 N–H and O–H groups in total. The lowest BCUT2D eigenvalue weighted by molar-refractivity contribution is -0.134. The molecule has 1 aromatic rings. The number of carbonyl (C=O) groups is 1.